The molecule has 0 fully saturated rings. The zero-order chi connectivity index (χ0) is 23.8. The number of hydrogen-bond acceptors (Lipinski definition) is 10. The molecule has 3 rings (SSSR count). The third-order valence-electron chi connectivity index (χ3n) is 5.36. The summed E-state index contributed by atoms with van der Waals surface area (Å²) >= 11 is 0. The lowest BCUT2D eigenvalue weighted by Crippen LogP contribution is -2.26. The Balaban J connectivity index is 1.98. The number of carbonyl (C=O) groups excluding carboxylic acids is 2. The van der Waals surface area contributed by atoms with Crippen molar-refractivity contribution in [1.82, 2.24) is 10.6 Å². The molecule has 0 amide bonds. The van der Waals surface area contributed by atoms with Crippen molar-refractivity contribution < 1.29 is 30.0 Å². The zero-order valence-corrected chi connectivity index (χ0v) is 18.3. The van der Waals surface area contributed by atoms with Gasteiger partial charge >= 0.3 is 0 Å². The van der Waals surface area contributed by atoms with Crippen LogP contribution in [0.3, 0.4) is 0 Å². The summed E-state index contributed by atoms with van der Waals surface area (Å²) in [7, 11) is 0. The zero-order valence-electron chi connectivity index (χ0n) is 18.3. The number of aliphatic hydroxyl groups is 2. The van der Waals surface area contributed by atoms with Crippen LogP contribution in [0, 0.1) is 0 Å². The molecule has 0 spiro atoms. The van der Waals surface area contributed by atoms with E-state index in [1.165, 1.54) is 12.1 Å². The average Bonchev–Trinajstić information content (AvgIpc) is 2.92. The molecule has 0 atom stereocenters. The van der Waals surface area contributed by atoms with E-state index >= 15 is 0 Å². The molecule has 178 valence electrons. The van der Waals surface area contributed by atoms with Crippen molar-refractivity contribution in [3.8, 4) is 11.5 Å². The maximum absolute atomic E-state index is 13.6. The normalized spacial score (nSPS) is 12.8. The van der Waals surface area contributed by atoms with Crippen molar-refractivity contribution in [2.75, 3.05) is 63.1 Å². The van der Waals surface area contributed by atoms with Gasteiger partial charge in [0.1, 0.15) is 11.5 Å². The highest BCUT2D eigenvalue weighted by Gasteiger charge is 2.34. The summed E-state index contributed by atoms with van der Waals surface area (Å²) < 4.78 is 0. The minimum absolute atomic E-state index is 0.0169. The lowest BCUT2D eigenvalue weighted by molar-refractivity contribution is 0.0980. The number of nitrogens with one attached hydrogen (secondary N) is 4. The van der Waals surface area contributed by atoms with Crippen molar-refractivity contribution in [2.24, 2.45) is 0 Å². The van der Waals surface area contributed by atoms with Gasteiger partial charge in [-0.3, -0.25) is 9.59 Å². The van der Waals surface area contributed by atoms with E-state index in [9.17, 15) is 19.8 Å². The molecular weight excluding hydrogens is 428 g/mol. The molecule has 2 aromatic carbocycles. The number of carbonyl (C=O) groups is 2. The van der Waals surface area contributed by atoms with E-state index in [1.54, 1.807) is 12.1 Å². The monoisotopic (exact) mass is 458 g/mol. The first-order valence-electron chi connectivity index (χ1n) is 10.9. The first-order valence-corrected chi connectivity index (χ1v) is 10.9. The fraction of sp³-hybridized carbons (Fsp3) is 0.391. The van der Waals surface area contributed by atoms with Gasteiger partial charge < -0.3 is 41.7 Å². The van der Waals surface area contributed by atoms with Gasteiger partial charge in [0.05, 0.1) is 29.9 Å². The van der Waals surface area contributed by atoms with Crippen molar-refractivity contribution in [3.63, 3.8) is 0 Å². The van der Waals surface area contributed by atoms with Crippen molar-refractivity contribution >= 4 is 22.9 Å². The van der Waals surface area contributed by atoms with Crippen LogP contribution in [0.4, 0.5) is 11.4 Å². The Labute approximate surface area is 191 Å². The molecule has 8 N–H and O–H groups in total. The van der Waals surface area contributed by atoms with Gasteiger partial charge in [0, 0.05) is 57.1 Å². The van der Waals surface area contributed by atoms with Gasteiger partial charge in [0.25, 0.3) is 0 Å². The minimum Gasteiger partial charge on any atom is -0.507 e. The number of aliphatic hydroxyl groups excluding tert-OH is 2. The Hall–Kier alpha value is -3.18. The maximum Gasteiger partial charge on any atom is 0.200 e. The lowest BCUT2D eigenvalue weighted by atomic mass is 9.95. The average molecular weight is 459 g/mol. The predicted octanol–water partition coefficient (Wildman–Crippen LogP) is 0.0552. The van der Waals surface area contributed by atoms with E-state index in [1.807, 2.05) is 0 Å². The highest BCUT2D eigenvalue weighted by Crippen LogP contribution is 2.39. The fourth-order valence-electron chi connectivity index (χ4n) is 3.85. The summed E-state index contributed by atoms with van der Waals surface area (Å²) in [5.74, 6) is -1.73. The van der Waals surface area contributed by atoms with Gasteiger partial charge in [-0.2, -0.15) is 0 Å². The summed E-state index contributed by atoms with van der Waals surface area (Å²) in [6, 6.07) is 5.92. The molecule has 2 aromatic rings. The molecule has 0 saturated heterocycles. The van der Waals surface area contributed by atoms with Crippen LogP contribution < -0.4 is 21.3 Å². The van der Waals surface area contributed by atoms with Crippen LogP contribution >= 0.6 is 0 Å². The number of ketones is 2. The second kappa shape index (κ2) is 11.6. The highest BCUT2D eigenvalue weighted by molar-refractivity contribution is 6.24. The van der Waals surface area contributed by atoms with Gasteiger partial charge in [-0.15, -0.1) is 0 Å². The second-order valence-corrected chi connectivity index (χ2v) is 7.60. The topological polar surface area (TPSA) is 163 Å². The number of anilines is 2. The molecule has 10 heteroatoms. The van der Waals surface area contributed by atoms with E-state index in [-0.39, 0.29) is 47.8 Å². The molecule has 0 heterocycles. The number of aromatic hydroxyl groups is 2. The maximum atomic E-state index is 13.6. The van der Waals surface area contributed by atoms with E-state index < -0.39 is 11.6 Å². The summed E-state index contributed by atoms with van der Waals surface area (Å²) in [6.45, 7) is 3.01. The molecule has 0 bridgehead atoms. The number of hydrogen-bond donors (Lipinski definition) is 8. The van der Waals surface area contributed by atoms with Gasteiger partial charge in [-0.1, -0.05) is 0 Å². The lowest BCUT2D eigenvalue weighted by Gasteiger charge is -2.19. The molecule has 0 aliphatic heterocycles. The molecule has 33 heavy (non-hydrogen) atoms. The number of phenolic OH excluding ortho intramolecular Hbond substituents is 2. The molecular formula is C23H30N4O6. The van der Waals surface area contributed by atoms with Gasteiger partial charge in [0.2, 0.25) is 0 Å². The molecule has 10 nitrogen and oxygen atoms in total. The summed E-state index contributed by atoms with van der Waals surface area (Å²) in [4.78, 5) is 26.6. The van der Waals surface area contributed by atoms with Crippen molar-refractivity contribution in [3.05, 3.63) is 46.5 Å². The first kappa shape index (κ1) is 24.5. The number of rotatable bonds is 12. The largest absolute Gasteiger partial charge is 0.507 e. The molecule has 0 radical (unpaired) electrons. The third-order valence-corrected chi connectivity index (χ3v) is 5.36. The fourth-order valence-corrected chi connectivity index (χ4v) is 3.85. The van der Waals surface area contributed by atoms with Gasteiger partial charge in [-0.25, -0.2) is 0 Å². The highest BCUT2D eigenvalue weighted by atomic mass is 16.3. The van der Waals surface area contributed by atoms with Crippen LogP contribution in [0.25, 0.3) is 0 Å². The Morgan fingerprint density at radius 1 is 0.667 bits per heavy atom. The molecule has 0 unspecified atom stereocenters. The van der Waals surface area contributed by atoms with Crippen LogP contribution in [0.1, 0.15) is 31.8 Å². The first-order chi connectivity index (χ1) is 16.0. The van der Waals surface area contributed by atoms with Crippen LogP contribution in [0.15, 0.2) is 24.3 Å². The number of Topliss-reactive ketones (excluding diaryl/α,β-unsaturated/α-hetero) is 1. The minimum atomic E-state index is -0.549. The van der Waals surface area contributed by atoms with Crippen LogP contribution in [-0.4, -0.2) is 84.5 Å². The van der Waals surface area contributed by atoms with Gasteiger partial charge in [-0.05, 0) is 29.8 Å². The van der Waals surface area contributed by atoms with E-state index in [0.717, 1.165) is 0 Å². The number of fused-ring (bicyclic) bond motifs is 2. The Morgan fingerprint density at radius 3 is 1.82 bits per heavy atom. The standard InChI is InChI=1S/C23H30N4O6/c28-11-9-24-5-7-26-15-1-2-16(27-8-6-25-10-12-29)20-14(15)13-19(32)21-17(30)3-4-18(31)22(21)23(20)33/h1-4,24-31H,5-13H2. The summed E-state index contributed by atoms with van der Waals surface area (Å²) in [6.07, 6.45) is -0.129. The SMILES string of the molecule is O=C1Cc2c(NCCNCCO)ccc(NCCNCCO)c2C(=O)c2c(O)ccc(O)c21. The quantitative estimate of drug-likeness (QED) is 0.161. The summed E-state index contributed by atoms with van der Waals surface area (Å²) in [5.41, 5.74) is 1.47. The van der Waals surface area contributed by atoms with Crippen LogP contribution in [-0.2, 0) is 6.42 Å². The molecule has 0 saturated carbocycles. The predicted molar refractivity (Wildman–Crippen MR) is 125 cm³/mol. The van der Waals surface area contributed by atoms with E-state index in [2.05, 4.69) is 21.3 Å². The second-order valence-electron chi connectivity index (χ2n) is 7.60. The van der Waals surface area contributed by atoms with Crippen molar-refractivity contribution in [2.45, 2.75) is 6.42 Å². The van der Waals surface area contributed by atoms with Crippen LogP contribution in [0.5, 0.6) is 11.5 Å². The molecule has 0 aromatic heterocycles. The van der Waals surface area contributed by atoms with E-state index in [0.29, 0.717) is 56.2 Å². The van der Waals surface area contributed by atoms with Crippen LogP contribution in [0.2, 0.25) is 0 Å². The molecule has 1 aliphatic carbocycles. The third kappa shape index (κ3) is 5.60. The van der Waals surface area contributed by atoms with Crippen molar-refractivity contribution in [1.29, 1.82) is 0 Å². The Bertz CT molecular complexity index is 1010. The smallest absolute Gasteiger partial charge is 0.200 e. The number of benzene rings is 2. The Kier molecular flexibility index (Phi) is 8.61. The number of phenols is 2. The Morgan fingerprint density at radius 2 is 1.21 bits per heavy atom. The van der Waals surface area contributed by atoms with E-state index in [4.69, 9.17) is 10.2 Å². The van der Waals surface area contributed by atoms with Gasteiger partial charge in [0.15, 0.2) is 11.6 Å². The summed E-state index contributed by atoms with van der Waals surface area (Å²) in [5, 5.41) is 51.0. The molecule has 1 aliphatic rings.